The van der Waals surface area contributed by atoms with Gasteiger partial charge in [-0.1, -0.05) is 11.6 Å². The number of fused-ring (bicyclic) bond motifs is 1. The third-order valence-electron chi connectivity index (χ3n) is 4.96. The van der Waals surface area contributed by atoms with Gasteiger partial charge >= 0.3 is 0 Å². The summed E-state index contributed by atoms with van der Waals surface area (Å²) in [7, 11) is 3.41. The van der Waals surface area contributed by atoms with Crippen LogP contribution in [0.5, 0.6) is 5.75 Å². The van der Waals surface area contributed by atoms with Crippen LogP contribution in [0.1, 0.15) is 46.1 Å². The number of aryl methyl sites for hydroxylation is 3. The Balaban J connectivity index is 1.80. The smallest absolute Gasteiger partial charge is 0.256 e. The highest BCUT2D eigenvalue weighted by molar-refractivity contribution is 6.31. The summed E-state index contributed by atoms with van der Waals surface area (Å²) in [6, 6.07) is 5.42. The Morgan fingerprint density at radius 2 is 2.04 bits per heavy atom. The number of hydrogen-bond donors (Lipinski definition) is 1. The summed E-state index contributed by atoms with van der Waals surface area (Å²) in [5.41, 5.74) is 4.51. The molecule has 27 heavy (non-hydrogen) atoms. The number of carbonyl (C=O) groups is 1. The van der Waals surface area contributed by atoms with E-state index in [0.29, 0.717) is 27.9 Å². The van der Waals surface area contributed by atoms with Gasteiger partial charge < -0.3 is 10.1 Å². The van der Waals surface area contributed by atoms with Crippen LogP contribution in [0.3, 0.4) is 0 Å². The summed E-state index contributed by atoms with van der Waals surface area (Å²) in [5, 5.41) is 8.80. The molecular formula is C20H21ClN4O2. The van der Waals surface area contributed by atoms with Crippen molar-refractivity contribution in [2.75, 3.05) is 12.4 Å². The van der Waals surface area contributed by atoms with Gasteiger partial charge in [-0.3, -0.25) is 9.48 Å². The van der Waals surface area contributed by atoms with Gasteiger partial charge in [0.25, 0.3) is 5.91 Å². The molecular weight excluding hydrogens is 364 g/mol. The Kier molecular flexibility index (Phi) is 4.30. The lowest BCUT2D eigenvalue weighted by atomic mass is 10.1. The summed E-state index contributed by atoms with van der Waals surface area (Å²) in [4.78, 5) is 17.9. The van der Waals surface area contributed by atoms with Crippen molar-refractivity contribution in [3.8, 4) is 5.75 Å². The molecule has 0 saturated heterocycles. The lowest BCUT2D eigenvalue weighted by Crippen LogP contribution is -2.14. The molecule has 0 atom stereocenters. The Labute approximate surface area is 162 Å². The maximum atomic E-state index is 13.2. The molecule has 0 spiro atoms. The number of aromatic nitrogens is 3. The molecule has 1 saturated carbocycles. The Morgan fingerprint density at radius 3 is 2.70 bits per heavy atom. The van der Waals surface area contributed by atoms with Crippen LogP contribution in [-0.2, 0) is 7.05 Å². The summed E-state index contributed by atoms with van der Waals surface area (Å²) in [5.74, 6) is 0.749. The van der Waals surface area contributed by atoms with Crippen molar-refractivity contribution in [2.45, 2.75) is 32.6 Å². The quantitative estimate of drug-likeness (QED) is 0.724. The molecule has 1 fully saturated rings. The topological polar surface area (TPSA) is 69.0 Å². The molecule has 6 nitrogen and oxygen atoms in total. The molecule has 1 aliphatic rings. The zero-order valence-corrected chi connectivity index (χ0v) is 16.5. The van der Waals surface area contributed by atoms with E-state index in [1.54, 1.807) is 17.9 Å². The van der Waals surface area contributed by atoms with Gasteiger partial charge in [0.15, 0.2) is 5.65 Å². The van der Waals surface area contributed by atoms with E-state index in [-0.39, 0.29) is 5.91 Å². The number of halogens is 1. The van der Waals surface area contributed by atoms with Crippen LogP contribution in [0.4, 0.5) is 5.69 Å². The third kappa shape index (κ3) is 3.14. The predicted octanol–water partition coefficient (Wildman–Crippen LogP) is 4.38. The fourth-order valence-corrected chi connectivity index (χ4v) is 3.50. The van der Waals surface area contributed by atoms with Crippen molar-refractivity contribution < 1.29 is 9.53 Å². The number of pyridine rings is 1. The van der Waals surface area contributed by atoms with Crippen molar-refractivity contribution in [1.82, 2.24) is 14.8 Å². The summed E-state index contributed by atoms with van der Waals surface area (Å²) in [6.07, 6.45) is 2.22. The molecule has 140 valence electrons. The maximum Gasteiger partial charge on any atom is 0.256 e. The van der Waals surface area contributed by atoms with Crippen LogP contribution >= 0.6 is 11.6 Å². The normalized spacial score (nSPS) is 13.8. The summed E-state index contributed by atoms with van der Waals surface area (Å²) >= 11 is 6.17. The number of anilines is 1. The number of carbonyl (C=O) groups excluding carboxylic acids is 1. The number of hydrogen-bond acceptors (Lipinski definition) is 4. The zero-order valence-electron chi connectivity index (χ0n) is 15.8. The SMILES string of the molecule is COc1cc(Cl)c(C)cc1NC(=O)c1cc(C2CC2)nc2c1c(C)nn2C. The van der Waals surface area contributed by atoms with Crippen molar-refractivity contribution >= 4 is 34.2 Å². The van der Waals surface area contributed by atoms with E-state index in [1.807, 2.05) is 33.0 Å². The molecule has 1 amide bonds. The fourth-order valence-electron chi connectivity index (χ4n) is 3.35. The minimum atomic E-state index is -0.208. The molecule has 0 aliphatic heterocycles. The highest BCUT2D eigenvalue weighted by Crippen LogP contribution is 2.40. The van der Waals surface area contributed by atoms with Gasteiger partial charge in [0.2, 0.25) is 0 Å². The van der Waals surface area contributed by atoms with Crippen molar-refractivity contribution in [2.24, 2.45) is 7.05 Å². The van der Waals surface area contributed by atoms with Crippen LogP contribution in [0, 0.1) is 13.8 Å². The lowest BCUT2D eigenvalue weighted by molar-refractivity contribution is 0.102. The molecule has 3 aromatic rings. The van der Waals surface area contributed by atoms with Gasteiger partial charge in [0.05, 0.1) is 29.4 Å². The third-order valence-corrected chi connectivity index (χ3v) is 5.36. The Hall–Kier alpha value is -2.60. The largest absolute Gasteiger partial charge is 0.495 e. The summed E-state index contributed by atoms with van der Waals surface area (Å²) < 4.78 is 7.11. The van der Waals surface area contributed by atoms with Gasteiger partial charge in [0.1, 0.15) is 5.75 Å². The standard InChI is InChI=1S/C20H21ClN4O2/c1-10-7-16(17(27-4)9-14(10)21)23-20(26)13-8-15(12-5-6-12)22-19-18(13)11(2)24-25(19)3/h7-9,12H,5-6H2,1-4H3,(H,23,26). The number of ether oxygens (including phenoxy) is 1. The second-order valence-electron chi connectivity index (χ2n) is 7.03. The van der Waals surface area contributed by atoms with Gasteiger partial charge in [-0.2, -0.15) is 5.10 Å². The number of nitrogens with one attached hydrogen (secondary N) is 1. The van der Waals surface area contributed by atoms with Crippen LogP contribution in [0.15, 0.2) is 18.2 Å². The Bertz CT molecular complexity index is 1070. The number of amides is 1. The molecule has 2 heterocycles. The first-order valence-corrected chi connectivity index (χ1v) is 9.26. The van der Waals surface area contributed by atoms with E-state index in [9.17, 15) is 4.79 Å². The van der Waals surface area contributed by atoms with E-state index in [4.69, 9.17) is 21.3 Å². The molecule has 1 aromatic carbocycles. The van der Waals surface area contributed by atoms with Gasteiger partial charge in [-0.05, 0) is 44.4 Å². The van der Waals surface area contributed by atoms with Gasteiger partial charge in [-0.25, -0.2) is 4.98 Å². The molecule has 1 aliphatic carbocycles. The van der Waals surface area contributed by atoms with E-state index < -0.39 is 0 Å². The number of rotatable bonds is 4. The van der Waals surface area contributed by atoms with Gasteiger partial charge in [0, 0.05) is 29.7 Å². The molecule has 2 aromatic heterocycles. The second-order valence-corrected chi connectivity index (χ2v) is 7.44. The van der Waals surface area contributed by atoms with Crippen molar-refractivity contribution in [1.29, 1.82) is 0 Å². The number of benzene rings is 1. The van der Waals surface area contributed by atoms with Gasteiger partial charge in [-0.15, -0.1) is 0 Å². The van der Waals surface area contributed by atoms with E-state index in [2.05, 4.69) is 10.4 Å². The van der Waals surface area contributed by atoms with Crippen molar-refractivity contribution in [3.05, 3.63) is 45.7 Å². The highest BCUT2D eigenvalue weighted by Gasteiger charge is 2.28. The van der Waals surface area contributed by atoms with Crippen LogP contribution in [-0.4, -0.2) is 27.8 Å². The first-order chi connectivity index (χ1) is 12.9. The highest BCUT2D eigenvalue weighted by atomic mass is 35.5. The van der Waals surface area contributed by atoms with E-state index >= 15 is 0 Å². The second kappa shape index (κ2) is 6.53. The van der Waals surface area contributed by atoms with E-state index in [0.717, 1.165) is 40.8 Å². The molecule has 4 rings (SSSR count). The summed E-state index contributed by atoms with van der Waals surface area (Å²) in [6.45, 7) is 3.78. The predicted molar refractivity (Wildman–Crippen MR) is 106 cm³/mol. The molecule has 0 unspecified atom stereocenters. The fraction of sp³-hybridized carbons (Fsp3) is 0.350. The minimum absolute atomic E-state index is 0.208. The number of methoxy groups -OCH3 is 1. The molecule has 0 radical (unpaired) electrons. The zero-order chi connectivity index (χ0) is 19.3. The minimum Gasteiger partial charge on any atom is -0.495 e. The monoisotopic (exact) mass is 384 g/mol. The van der Waals surface area contributed by atoms with Crippen LogP contribution in [0.2, 0.25) is 5.02 Å². The maximum absolute atomic E-state index is 13.2. The number of nitrogens with zero attached hydrogens (tertiary/aromatic N) is 3. The van der Waals surface area contributed by atoms with E-state index in [1.165, 1.54) is 0 Å². The first-order valence-electron chi connectivity index (χ1n) is 8.88. The molecule has 0 bridgehead atoms. The molecule has 7 heteroatoms. The average molecular weight is 385 g/mol. The van der Waals surface area contributed by atoms with Crippen molar-refractivity contribution in [3.63, 3.8) is 0 Å². The lowest BCUT2D eigenvalue weighted by Gasteiger charge is -2.13. The van der Waals surface area contributed by atoms with Crippen LogP contribution in [0.25, 0.3) is 11.0 Å². The molecule has 1 N–H and O–H groups in total. The first kappa shape index (κ1) is 17.8. The van der Waals surface area contributed by atoms with Crippen LogP contribution < -0.4 is 10.1 Å². The Morgan fingerprint density at radius 1 is 1.30 bits per heavy atom. The average Bonchev–Trinajstić information content (AvgIpc) is 3.44.